The molecule has 0 atom stereocenters. The van der Waals surface area contributed by atoms with Crippen LogP contribution in [0.2, 0.25) is 0 Å². The quantitative estimate of drug-likeness (QED) is 0.489. The number of nitrogens with zero attached hydrogens (tertiary/aromatic N) is 3. The van der Waals surface area contributed by atoms with Gasteiger partial charge in [0.05, 0.1) is 11.4 Å². The van der Waals surface area contributed by atoms with Crippen molar-refractivity contribution >= 4 is 27.5 Å². The molecule has 3 aromatic carbocycles. The van der Waals surface area contributed by atoms with E-state index in [4.69, 9.17) is 0 Å². The van der Waals surface area contributed by atoms with Crippen molar-refractivity contribution in [2.75, 3.05) is 45.1 Å². The molecule has 1 heterocycles. The van der Waals surface area contributed by atoms with E-state index in [9.17, 15) is 22.4 Å². The number of hydrogen-bond donors (Lipinski definition) is 1. The monoisotopic (exact) mass is 524 g/mol. The smallest absolute Gasteiger partial charge is 0.253 e. The summed E-state index contributed by atoms with van der Waals surface area (Å²) in [6.45, 7) is 2.40. The van der Waals surface area contributed by atoms with Gasteiger partial charge in [0.25, 0.3) is 5.91 Å². The van der Waals surface area contributed by atoms with Crippen LogP contribution in [0.5, 0.6) is 0 Å². The highest BCUT2D eigenvalue weighted by atomic mass is 32.2. The number of likely N-dealkylation sites (N-methyl/N-ethyl adjacent to an activating group) is 1. The normalized spacial score (nSPS) is 14.5. The number of sulfonamides is 1. The first-order valence-electron chi connectivity index (χ1n) is 11.9. The average molecular weight is 525 g/mol. The van der Waals surface area contributed by atoms with Gasteiger partial charge in [-0.05, 0) is 61.1 Å². The van der Waals surface area contributed by atoms with Crippen LogP contribution in [0, 0.1) is 5.82 Å². The third kappa shape index (κ3) is 6.79. The highest BCUT2D eigenvalue weighted by Gasteiger charge is 2.27. The summed E-state index contributed by atoms with van der Waals surface area (Å²) in [7, 11) is -1.99. The Morgan fingerprint density at radius 2 is 1.51 bits per heavy atom. The van der Waals surface area contributed by atoms with E-state index in [0.717, 1.165) is 17.4 Å². The molecule has 1 aliphatic heterocycles. The Hall–Kier alpha value is -3.60. The van der Waals surface area contributed by atoms with Crippen LogP contribution in [0.3, 0.4) is 0 Å². The van der Waals surface area contributed by atoms with Gasteiger partial charge in [-0.1, -0.05) is 30.3 Å². The van der Waals surface area contributed by atoms with E-state index in [-0.39, 0.29) is 17.3 Å². The number of rotatable bonds is 8. The Bertz CT molecular complexity index is 1330. The maximum absolute atomic E-state index is 13.4. The number of hydrogen-bond acceptors (Lipinski definition) is 5. The van der Waals surface area contributed by atoms with Crippen LogP contribution in [-0.2, 0) is 21.4 Å². The number of carbonyl (C=O) groups is 2. The highest BCUT2D eigenvalue weighted by molar-refractivity contribution is 7.89. The molecule has 1 fully saturated rings. The summed E-state index contributed by atoms with van der Waals surface area (Å²) < 4.78 is 41.0. The second-order valence-corrected chi connectivity index (χ2v) is 10.9. The van der Waals surface area contributed by atoms with E-state index in [0.29, 0.717) is 29.9 Å². The van der Waals surface area contributed by atoms with Crippen LogP contribution < -0.4 is 5.32 Å². The van der Waals surface area contributed by atoms with Gasteiger partial charge in [-0.2, -0.15) is 4.31 Å². The van der Waals surface area contributed by atoms with E-state index >= 15 is 0 Å². The molecule has 1 aliphatic rings. The average Bonchev–Trinajstić information content (AvgIpc) is 2.90. The van der Waals surface area contributed by atoms with Gasteiger partial charge in [0, 0.05) is 44.0 Å². The van der Waals surface area contributed by atoms with Crippen molar-refractivity contribution in [2.45, 2.75) is 11.4 Å². The fourth-order valence-corrected chi connectivity index (χ4v) is 5.42. The zero-order chi connectivity index (χ0) is 26.4. The molecular weight excluding hydrogens is 495 g/mol. The molecular formula is C27H29FN4O4S. The first kappa shape index (κ1) is 26.5. The van der Waals surface area contributed by atoms with Crippen LogP contribution in [0.4, 0.5) is 10.1 Å². The molecule has 1 saturated heterocycles. The number of carbonyl (C=O) groups excluding carboxylic acids is 2. The van der Waals surface area contributed by atoms with Crippen molar-refractivity contribution in [3.63, 3.8) is 0 Å². The summed E-state index contributed by atoms with van der Waals surface area (Å²) in [5.74, 6) is -1.04. The molecule has 0 aromatic heterocycles. The number of anilines is 1. The zero-order valence-electron chi connectivity index (χ0n) is 20.5. The van der Waals surface area contributed by atoms with Crippen molar-refractivity contribution in [3.05, 3.63) is 95.8 Å². The van der Waals surface area contributed by atoms with Crippen molar-refractivity contribution < 1.29 is 22.4 Å². The number of halogens is 1. The number of benzene rings is 3. The fraction of sp³-hybridized carbons (Fsp3) is 0.259. The minimum Gasteiger partial charge on any atom is -0.336 e. The van der Waals surface area contributed by atoms with Gasteiger partial charge in [-0.25, -0.2) is 12.8 Å². The molecule has 0 bridgehead atoms. The van der Waals surface area contributed by atoms with E-state index in [1.807, 2.05) is 7.05 Å². The molecule has 0 radical (unpaired) electrons. The number of piperazine rings is 1. The van der Waals surface area contributed by atoms with Crippen molar-refractivity contribution in [1.29, 1.82) is 0 Å². The Balaban J connectivity index is 1.45. The second-order valence-electron chi connectivity index (χ2n) is 8.93. The van der Waals surface area contributed by atoms with E-state index in [2.05, 4.69) is 10.2 Å². The first-order valence-corrected chi connectivity index (χ1v) is 13.3. The Kier molecular flexibility index (Phi) is 8.32. The number of nitrogens with one attached hydrogen (secondary N) is 1. The minimum atomic E-state index is -4.01. The number of amides is 2. The lowest BCUT2D eigenvalue weighted by molar-refractivity contribution is -0.116. The summed E-state index contributed by atoms with van der Waals surface area (Å²) in [6.07, 6.45) is 0. The lowest BCUT2D eigenvalue weighted by Gasteiger charge is -2.32. The Morgan fingerprint density at radius 1 is 0.892 bits per heavy atom. The molecule has 37 heavy (non-hydrogen) atoms. The molecule has 2 amide bonds. The predicted molar refractivity (Wildman–Crippen MR) is 139 cm³/mol. The van der Waals surface area contributed by atoms with Gasteiger partial charge >= 0.3 is 0 Å². The largest absolute Gasteiger partial charge is 0.336 e. The van der Waals surface area contributed by atoms with Crippen LogP contribution in [0.25, 0.3) is 0 Å². The highest BCUT2D eigenvalue weighted by Crippen LogP contribution is 2.19. The van der Waals surface area contributed by atoms with Crippen LogP contribution in [0.1, 0.15) is 15.9 Å². The van der Waals surface area contributed by atoms with Crippen LogP contribution in [0.15, 0.2) is 83.8 Å². The van der Waals surface area contributed by atoms with Gasteiger partial charge in [0.15, 0.2) is 0 Å². The van der Waals surface area contributed by atoms with Crippen LogP contribution >= 0.6 is 0 Å². The lowest BCUT2D eigenvalue weighted by Crippen LogP contribution is -2.47. The summed E-state index contributed by atoms with van der Waals surface area (Å²) in [4.78, 5) is 29.7. The van der Waals surface area contributed by atoms with E-state index in [1.165, 1.54) is 36.4 Å². The van der Waals surface area contributed by atoms with Crippen molar-refractivity contribution in [1.82, 2.24) is 14.1 Å². The standard InChI is InChI=1S/C27H29FN4O4S/c1-30-15-17-31(18-16-30)27(34)22-9-13-24(14-10-22)29-26(33)20-32(19-21-7-11-23(28)12-8-21)37(35,36)25-5-3-2-4-6-25/h2-14H,15-20H2,1H3,(H,29,33). The second kappa shape index (κ2) is 11.6. The van der Waals surface area contributed by atoms with Gasteiger partial charge < -0.3 is 15.1 Å². The molecule has 10 heteroatoms. The molecule has 0 saturated carbocycles. The summed E-state index contributed by atoms with van der Waals surface area (Å²) in [5.41, 5.74) is 1.51. The lowest BCUT2D eigenvalue weighted by atomic mass is 10.1. The van der Waals surface area contributed by atoms with Crippen molar-refractivity contribution in [2.24, 2.45) is 0 Å². The third-order valence-electron chi connectivity index (χ3n) is 6.18. The maximum atomic E-state index is 13.4. The maximum Gasteiger partial charge on any atom is 0.253 e. The summed E-state index contributed by atoms with van der Waals surface area (Å²) >= 11 is 0. The molecule has 4 rings (SSSR count). The van der Waals surface area contributed by atoms with Gasteiger partial charge in [0.2, 0.25) is 15.9 Å². The summed E-state index contributed by atoms with van der Waals surface area (Å²) in [6, 6.07) is 19.8. The summed E-state index contributed by atoms with van der Waals surface area (Å²) in [5, 5.41) is 2.71. The Labute approximate surface area is 216 Å². The van der Waals surface area contributed by atoms with Crippen LogP contribution in [-0.4, -0.2) is 74.1 Å². The molecule has 1 N–H and O–H groups in total. The SMILES string of the molecule is CN1CCN(C(=O)c2ccc(NC(=O)CN(Cc3ccc(F)cc3)S(=O)(=O)c3ccccc3)cc2)CC1. The molecule has 0 unspecified atom stereocenters. The molecule has 194 valence electrons. The molecule has 0 spiro atoms. The van der Waals surface area contributed by atoms with Gasteiger partial charge in [0.1, 0.15) is 5.82 Å². The van der Waals surface area contributed by atoms with E-state index in [1.54, 1.807) is 47.4 Å². The first-order chi connectivity index (χ1) is 17.7. The minimum absolute atomic E-state index is 0.0525. The third-order valence-corrected chi connectivity index (χ3v) is 7.99. The van der Waals surface area contributed by atoms with E-state index < -0.39 is 28.3 Å². The molecule has 8 nitrogen and oxygen atoms in total. The van der Waals surface area contributed by atoms with Gasteiger partial charge in [-0.15, -0.1) is 0 Å². The Morgan fingerprint density at radius 3 is 2.14 bits per heavy atom. The molecule has 0 aliphatic carbocycles. The van der Waals surface area contributed by atoms with Crippen molar-refractivity contribution in [3.8, 4) is 0 Å². The predicted octanol–water partition coefficient (Wildman–Crippen LogP) is 3.04. The zero-order valence-corrected chi connectivity index (χ0v) is 21.3. The molecule has 3 aromatic rings. The topological polar surface area (TPSA) is 90.0 Å². The van der Waals surface area contributed by atoms with Gasteiger partial charge in [-0.3, -0.25) is 9.59 Å². The fourth-order valence-electron chi connectivity index (χ4n) is 4.01.